The van der Waals surface area contributed by atoms with E-state index < -0.39 is 0 Å². The van der Waals surface area contributed by atoms with Crippen molar-refractivity contribution in [2.45, 2.75) is 25.2 Å². The molecule has 0 amide bonds. The Kier molecular flexibility index (Phi) is 16.0. The molecule has 0 N–H and O–H groups in total. The zero-order valence-electron chi connectivity index (χ0n) is 78.6. The van der Waals surface area contributed by atoms with E-state index in [1.165, 1.54) is 130 Å². The molecule has 1 unspecified atom stereocenters. The van der Waals surface area contributed by atoms with Crippen molar-refractivity contribution < 1.29 is 17.7 Å². The summed E-state index contributed by atoms with van der Waals surface area (Å²) in [4.78, 5) is 32.3. The summed E-state index contributed by atoms with van der Waals surface area (Å²) in [6, 6.07) is 148. The molecular weight excluding hydrogens is 1790 g/mol. The van der Waals surface area contributed by atoms with Crippen LogP contribution in [0.3, 0.4) is 0 Å². The molecule has 2 aliphatic carbocycles. The summed E-state index contributed by atoms with van der Waals surface area (Å²) in [6.45, 7) is 4.80. The van der Waals surface area contributed by atoms with Gasteiger partial charge in [0.1, 0.15) is 50.4 Å². The minimum Gasteiger partial charge on any atom is -0.456 e. The highest BCUT2D eigenvalue weighted by Gasteiger charge is 2.45. The third-order valence-corrected chi connectivity index (χ3v) is 31.9. The zero-order valence-corrected chi connectivity index (χ0v) is 78.6. The van der Waals surface area contributed by atoms with Crippen molar-refractivity contribution in [2.24, 2.45) is 0 Å². The van der Waals surface area contributed by atoms with Gasteiger partial charge in [-0.1, -0.05) is 329 Å². The van der Waals surface area contributed by atoms with Crippen LogP contribution in [0.25, 0.3) is 307 Å². The number of aromatic nitrogens is 8. The quantitative estimate of drug-likeness (QED) is 0.158. The number of furan rings is 4. The van der Waals surface area contributed by atoms with Gasteiger partial charge >= 0.3 is 0 Å². The summed E-state index contributed by atoms with van der Waals surface area (Å²) in [5.74, 6) is 1.89. The number of nitrogens with zero attached hydrogens (tertiary/aromatic N) is 8. The first-order chi connectivity index (χ1) is 72.2. The number of hydrogen-bond acceptors (Lipinski definition) is 10. The Hall–Kier alpha value is -19.3. The van der Waals surface area contributed by atoms with Gasteiger partial charge in [-0.2, -0.15) is 0 Å². The van der Waals surface area contributed by atoms with Gasteiger partial charge in [-0.05, 0) is 223 Å². The van der Waals surface area contributed by atoms with Crippen LogP contribution in [-0.4, -0.2) is 39.0 Å². The molecule has 0 fully saturated rings. The third kappa shape index (κ3) is 10.8. The fraction of sp³-hybridized carbons (Fsp3) is 0.0299. The molecule has 2 aliphatic rings. The summed E-state index contributed by atoms with van der Waals surface area (Å²) in [7, 11) is 0. The Labute approximate surface area is 829 Å². The molecule has 1 atom stereocenters. The summed E-state index contributed by atoms with van der Waals surface area (Å²) in [5, 5.41) is 36.1. The van der Waals surface area contributed by atoms with Crippen LogP contribution in [0.5, 0.6) is 0 Å². The Bertz CT molecular complexity index is 11600. The molecule has 0 bridgehead atoms. The van der Waals surface area contributed by atoms with Crippen LogP contribution in [0.1, 0.15) is 47.8 Å². The van der Waals surface area contributed by atoms with Crippen LogP contribution < -0.4 is 0 Å². The highest BCUT2D eigenvalue weighted by atomic mass is 16.3. The fourth-order valence-corrected chi connectivity index (χ4v) is 26.0. The van der Waals surface area contributed by atoms with Gasteiger partial charge in [0.15, 0.2) is 5.58 Å². The van der Waals surface area contributed by atoms with Crippen molar-refractivity contribution in [3.05, 3.63) is 447 Å². The molecule has 676 valence electrons. The third-order valence-electron chi connectivity index (χ3n) is 31.9. The fourth-order valence-electron chi connectivity index (χ4n) is 26.0. The second-order valence-electron chi connectivity index (χ2n) is 39.8. The van der Waals surface area contributed by atoms with Gasteiger partial charge < -0.3 is 17.7 Å². The maximum absolute atomic E-state index is 6.84. The largest absolute Gasteiger partial charge is 0.456 e. The van der Waals surface area contributed by atoms with E-state index in [2.05, 4.69) is 399 Å². The average molecular weight is 1860 g/mol. The Balaban J connectivity index is 0.0000000959. The molecule has 0 aliphatic heterocycles. The maximum Gasteiger partial charge on any atom is 0.235 e. The van der Waals surface area contributed by atoms with Gasteiger partial charge in [-0.3, -0.25) is 9.13 Å². The number of hydrogen-bond donors (Lipinski definition) is 0. The first-order valence-corrected chi connectivity index (χ1v) is 49.9. The van der Waals surface area contributed by atoms with Gasteiger partial charge in [0.05, 0.1) is 56.1 Å². The van der Waals surface area contributed by atoms with E-state index in [9.17, 15) is 0 Å². The first-order valence-electron chi connectivity index (χ1n) is 49.9. The molecule has 9 aromatic heterocycles. The van der Waals surface area contributed by atoms with Crippen LogP contribution in [-0.2, 0) is 5.41 Å². The van der Waals surface area contributed by atoms with Crippen LogP contribution >= 0.6 is 0 Å². The molecular formula is C134H76N8O4. The van der Waals surface area contributed by atoms with E-state index in [1.54, 1.807) is 0 Å². The number of fused-ring (bicyclic) bond motifs is 21. The van der Waals surface area contributed by atoms with E-state index in [0.717, 1.165) is 193 Å². The molecule has 0 radical (unpaired) electrons. The molecule has 12 heteroatoms. The predicted octanol–water partition coefficient (Wildman–Crippen LogP) is 35.6. The standard InChI is InChI=1S/C48H30N2O.C44H23N3O2.C42H23N3O/c1-48(2)35-20-10-8-17-29(35)34-25-33-28-16-7-6-15-27(28)30-19-12-22-37-39(30)43-38(51-37)24-23-32-40(43)41(33)44(45(34)48)42(32)47-49-36-21-11-9-18-31(36)46(50-47)26-13-4-3-5-14-26;1-2-11-24(12-3-1)41-29-16-6-8-18-32(29)45-44(46-41)47-33-21-22-36-40-37-28(17-10-20-35(37)48-36)25-13-4-5-14-26(25)30-23-31-27-15-7-9-19-34(27)49-43(31)42(47)38(30)39(33)40;1-2-10-24(11-3-1)41-29-14-6-7-17-32(29)43-42(44-41)45-33-18-8-15-27-30-22-25-12-4-5-13-26(25)23-31(30)28-16-9-19-35-38(28)40-36(46-35)21-20-34(45)39(40)37(27)33/h3-25,42H,1-2H3;1-23H;1-23H. The lowest BCUT2D eigenvalue weighted by Crippen LogP contribution is -2.19. The lowest BCUT2D eigenvalue weighted by atomic mass is 9.76. The van der Waals surface area contributed by atoms with Crippen molar-refractivity contribution in [3.8, 4) is 56.8 Å². The van der Waals surface area contributed by atoms with E-state index >= 15 is 0 Å². The second kappa shape index (κ2) is 29.4. The van der Waals surface area contributed by atoms with Gasteiger partial charge in [0, 0.05) is 103 Å². The van der Waals surface area contributed by atoms with Crippen LogP contribution in [0.4, 0.5) is 0 Å². The van der Waals surface area contributed by atoms with Crippen molar-refractivity contribution in [1.82, 2.24) is 39.0 Å². The summed E-state index contributed by atoms with van der Waals surface area (Å²) < 4.78 is 31.2. The number of rotatable bonds is 6. The monoisotopic (exact) mass is 1860 g/mol. The molecule has 12 nitrogen and oxygen atoms in total. The van der Waals surface area contributed by atoms with E-state index in [0.29, 0.717) is 11.9 Å². The van der Waals surface area contributed by atoms with Crippen molar-refractivity contribution in [2.75, 3.05) is 0 Å². The molecule has 33 aromatic rings. The lowest BCUT2D eigenvalue weighted by molar-refractivity contribution is 0.649. The molecule has 0 saturated carbocycles. The number of para-hydroxylation sites is 4. The van der Waals surface area contributed by atoms with Gasteiger partial charge in [-0.25, -0.2) is 29.9 Å². The van der Waals surface area contributed by atoms with Crippen LogP contribution in [0.15, 0.2) is 436 Å². The van der Waals surface area contributed by atoms with E-state index in [4.69, 9.17) is 47.6 Å². The molecule has 9 heterocycles. The summed E-state index contributed by atoms with van der Waals surface area (Å²) >= 11 is 0. The number of benzene rings is 21. The smallest absolute Gasteiger partial charge is 0.235 e. The maximum atomic E-state index is 6.84. The SMILES string of the molecule is CC1(C)c2ccccc2-c2cc3c4ccccc4c4cccc5oc6ccc7c(c3c(c21)C7c1nc(-c2ccccc2)c2ccccc2n1)c6c54.c1ccc(-c2nc(-n3c4ccc5oc6cccc7c8ccccc8c8cc9c%10ccccc%10oc9c3c8c4c5c67)nc3ccccc23)cc1.c1ccc(-c2nc(-n3c4cccc5c6cc7ccccc7cc6c6cccc7oc8ccc3c(c8c76)c54)nc3ccccc23)cc1. The Morgan fingerprint density at radius 3 is 1.19 bits per heavy atom. The second-order valence-corrected chi connectivity index (χ2v) is 39.8. The Morgan fingerprint density at radius 1 is 0.233 bits per heavy atom. The highest BCUT2D eigenvalue weighted by molar-refractivity contribution is 6.43. The van der Waals surface area contributed by atoms with Crippen molar-refractivity contribution in [1.29, 1.82) is 0 Å². The minimum atomic E-state index is -0.236. The minimum absolute atomic E-state index is 0.184. The summed E-state index contributed by atoms with van der Waals surface area (Å²) in [6.07, 6.45) is 0. The normalized spacial score (nSPS) is 13.5. The van der Waals surface area contributed by atoms with E-state index in [-0.39, 0.29) is 11.3 Å². The highest BCUT2D eigenvalue weighted by Crippen LogP contribution is 2.62. The zero-order chi connectivity index (χ0) is 95.3. The van der Waals surface area contributed by atoms with E-state index in [1.807, 2.05) is 42.5 Å². The van der Waals surface area contributed by atoms with Crippen LogP contribution in [0, 0.1) is 0 Å². The average Bonchev–Trinajstić information content (AvgIpc) is 1.51. The van der Waals surface area contributed by atoms with Gasteiger partial charge in [0.25, 0.3) is 0 Å². The first kappa shape index (κ1) is 79.5. The van der Waals surface area contributed by atoms with Gasteiger partial charge in [0.2, 0.25) is 11.9 Å². The van der Waals surface area contributed by atoms with Crippen molar-refractivity contribution in [3.63, 3.8) is 0 Å². The molecule has 24 aromatic carbocycles. The molecule has 146 heavy (non-hydrogen) atoms. The molecule has 0 spiro atoms. The van der Waals surface area contributed by atoms with Crippen molar-refractivity contribution >= 4 is 250 Å². The molecule has 35 rings (SSSR count). The topological polar surface area (TPSA) is 140 Å². The lowest BCUT2D eigenvalue weighted by Gasteiger charge is -2.27. The predicted molar refractivity (Wildman–Crippen MR) is 600 cm³/mol. The van der Waals surface area contributed by atoms with Gasteiger partial charge in [-0.15, -0.1) is 0 Å². The molecule has 0 saturated heterocycles. The Morgan fingerprint density at radius 2 is 0.630 bits per heavy atom. The summed E-state index contributed by atoms with van der Waals surface area (Å²) in [5.41, 5.74) is 27.5. The van der Waals surface area contributed by atoms with Crippen LogP contribution in [0.2, 0.25) is 0 Å².